The zero-order valence-electron chi connectivity index (χ0n) is 10.5. The van der Waals surface area contributed by atoms with Gasteiger partial charge in [0.25, 0.3) is 5.56 Å². The molecule has 1 atom stereocenters. The van der Waals surface area contributed by atoms with Crippen molar-refractivity contribution in [3.05, 3.63) is 44.7 Å². The average molecular weight is 261 g/mol. The van der Waals surface area contributed by atoms with Gasteiger partial charge in [-0.25, -0.2) is 0 Å². The molecule has 2 rings (SSSR count). The molecule has 0 amide bonds. The average Bonchev–Trinajstić information content (AvgIpc) is 2.36. The molecule has 18 heavy (non-hydrogen) atoms. The number of pyridine rings is 1. The summed E-state index contributed by atoms with van der Waals surface area (Å²) in [5.41, 5.74) is 2.09. The van der Waals surface area contributed by atoms with Crippen molar-refractivity contribution in [2.24, 2.45) is 7.05 Å². The van der Waals surface area contributed by atoms with Gasteiger partial charge in [0.2, 0.25) is 0 Å². The lowest BCUT2D eigenvalue weighted by Crippen LogP contribution is -2.23. The number of nitriles is 1. The summed E-state index contributed by atoms with van der Waals surface area (Å²) in [7, 11) is 1.71. The van der Waals surface area contributed by atoms with Crippen LogP contribution in [0.5, 0.6) is 0 Å². The monoisotopic (exact) mass is 260 g/mol. The highest BCUT2D eigenvalue weighted by atomic mass is 35.5. The molecular formula is C14H13ClN2O. The molecule has 0 radical (unpaired) electrons. The minimum absolute atomic E-state index is 0.137. The highest BCUT2D eigenvalue weighted by Gasteiger charge is 2.14. The summed E-state index contributed by atoms with van der Waals surface area (Å²) in [6, 6.07) is 7.57. The molecule has 0 saturated carbocycles. The zero-order chi connectivity index (χ0) is 13.4. The third kappa shape index (κ3) is 1.79. The summed E-state index contributed by atoms with van der Waals surface area (Å²) < 4.78 is 1.57. The van der Waals surface area contributed by atoms with Crippen LogP contribution in [0.3, 0.4) is 0 Å². The summed E-state index contributed by atoms with van der Waals surface area (Å²) in [4.78, 5) is 12.2. The van der Waals surface area contributed by atoms with Crippen molar-refractivity contribution in [1.82, 2.24) is 4.57 Å². The van der Waals surface area contributed by atoms with Gasteiger partial charge in [0, 0.05) is 17.6 Å². The fourth-order valence-electron chi connectivity index (χ4n) is 2.16. The van der Waals surface area contributed by atoms with Crippen LogP contribution in [-0.4, -0.2) is 4.57 Å². The summed E-state index contributed by atoms with van der Waals surface area (Å²) in [6.07, 6.45) is 0. The van der Waals surface area contributed by atoms with E-state index in [0.717, 1.165) is 16.5 Å². The Morgan fingerprint density at radius 2 is 2.11 bits per heavy atom. The fourth-order valence-corrected chi connectivity index (χ4v) is 2.31. The van der Waals surface area contributed by atoms with Crippen molar-refractivity contribution in [3.63, 3.8) is 0 Å². The molecule has 0 aliphatic carbocycles. The highest BCUT2D eigenvalue weighted by Crippen LogP contribution is 2.25. The largest absolute Gasteiger partial charge is 0.311 e. The first-order valence-electron chi connectivity index (χ1n) is 5.65. The van der Waals surface area contributed by atoms with Crippen molar-refractivity contribution < 1.29 is 0 Å². The van der Waals surface area contributed by atoms with E-state index in [-0.39, 0.29) is 5.56 Å². The molecule has 0 aliphatic rings. The molecule has 0 N–H and O–H groups in total. The first-order chi connectivity index (χ1) is 8.47. The smallest absolute Gasteiger partial charge is 0.255 e. The van der Waals surface area contributed by atoms with Crippen LogP contribution in [-0.2, 0) is 7.05 Å². The maximum absolute atomic E-state index is 12.2. The normalized spacial score (nSPS) is 12.4. The molecule has 2 aromatic rings. The van der Waals surface area contributed by atoms with E-state index in [9.17, 15) is 4.79 Å². The number of aryl methyl sites for hydroxylation is 2. The Kier molecular flexibility index (Phi) is 3.14. The third-order valence-corrected chi connectivity index (χ3v) is 3.66. The minimum atomic E-state index is -0.413. The SMILES string of the molecule is Cc1c(Cl)ccc2cc(C(C)C#N)c(=O)n(C)c12. The second-order valence-electron chi connectivity index (χ2n) is 4.42. The van der Waals surface area contributed by atoms with E-state index in [1.807, 2.05) is 19.1 Å². The number of nitrogens with zero attached hydrogens (tertiary/aromatic N) is 2. The van der Waals surface area contributed by atoms with Crippen LogP contribution in [0.4, 0.5) is 0 Å². The number of aromatic nitrogens is 1. The van der Waals surface area contributed by atoms with Gasteiger partial charge < -0.3 is 4.57 Å². The Labute approximate surface area is 110 Å². The summed E-state index contributed by atoms with van der Waals surface area (Å²) in [5, 5.41) is 10.5. The standard InChI is InChI=1S/C14H13ClN2O/c1-8(7-16)11-6-10-4-5-12(15)9(2)13(10)17(3)14(11)18/h4-6,8H,1-3H3. The summed E-state index contributed by atoms with van der Waals surface area (Å²) in [6.45, 7) is 3.61. The van der Waals surface area contributed by atoms with E-state index in [1.54, 1.807) is 24.6 Å². The minimum Gasteiger partial charge on any atom is -0.311 e. The van der Waals surface area contributed by atoms with Crippen LogP contribution < -0.4 is 5.56 Å². The Morgan fingerprint density at radius 3 is 2.72 bits per heavy atom. The van der Waals surface area contributed by atoms with E-state index in [0.29, 0.717) is 10.6 Å². The number of rotatable bonds is 1. The van der Waals surface area contributed by atoms with Crippen molar-refractivity contribution in [1.29, 1.82) is 5.26 Å². The summed E-state index contributed by atoms with van der Waals surface area (Å²) >= 11 is 6.07. The molecule has 0 aliphatic heterocycles. The Balaban J connectivity index is 2.93. The van der Waals surface area contributed by atoms with Gasteiger partial charge in [0.05, 0.1) is 17.5 Å². The van der Waals surface area contributed by atoms with Crippen molar-refractivity contribution in [2.75, 3.05) is 0 Å². The lowest BCUT2D eigenvalue weighted by Gasteiger charge is -2.12. The fraction of sp³-hybridized carbons (Fsp3) is 0.286. The highest BCUT2D eigenvalue weighted by molar-refractivity contribution is 6.32. The van der Waals surface area contributed by atoms with Crippen LogP contribution in [0.1, 0.15) is 24.0 Å². The molecule has 1 unspecified atom stereocenters. The Morgan fingerprint density at radius 1 is 1.44 bits per heavy atom. The quantitative estimate of drug-likeness (QED) is 0.791. The molecule has 0 bridgehead atoms. The zero-order valence-corrected chi connectivity index (χ0v) is 11.2. The van der Waals surface area contributed by atoms with Gasteiger partial charge in [-0.3, -0.25) is 4.79 Å². The Bertz CT molecular complexity index is 725. The molecular weight excluding hydrogens is 248 g/mol. The van der Waals surface area contributed by atoms with Gasteiger partial charge in [-0.05, 0) is 36.9 Å². The lowest BCUT2D eigenvalue weighted by atomic mass is 10.0. The van der Waals surface area contributed by atoms with Crippen LogP contribution in [0.15, 0.2) is 23.0 Å². The van der Waals surface area contributed by atoms with Gasteiger partial charge in [0.1, 0.15) is 0 Å². The van der Waals surface area contributed by atoms with Crippen molar-refractivity contribution in [3.8, 4) is 6.07 Å². The molecule has 1 aromatic carbocycles. The van der Waals surface area contributed by atoms with Crippen LogP contribution >= 0.6 is 11.6 Å². The van der Waals surface area contributed by atoms with E-state index in [4.69, 9.17) is 16.9 Å². The van der Waals surface area contributed by atoms with Crippen LogP contribution in [0.2, 0.25) is 5.02 Å². The van der Waals surface area contributed by atoms with Crippen LogP contribution in [0.25, 0.3) is 10.9 Å². The van der Waals surface area contributed by atoms with E-state index in [1.165, 1.54) is 0 Å². The van der Waals surface area contributed by atoms with Gasteiger partial charge in [0.15, 0.2) is 0 Å². The number of halogens is 1. The first kappa shape index (κ1) is 12.7. The van der Waals surface area contributed by atoms with E-state index >= 15 is 0 Å². The lowest BCUT2D eigenvalue weighted by molar-refractivity contribution is 0.848. The van der Waals surface area contributed by atoms with Crippen LogP contribution in [0, 0.1) is 18.3 Å². The van der Waals surface area contributed by atoms with Gasteiger partial charge in [-0.15, -0.1) is 0 Å². The van der Waals surface area contributed by atoms with E-state index < -0.39 is 5.92 Å². The van der Waals surface area contributed by atoms with Gasteiger partial charge >= 0.3 is 0 Å². The summed E-state index contributed by atoms with van der Waals surface area (Å²) in [5.74, 6) is -0.413. The second kappa shape index (κ2) is 4.47. The predicted octanol–water partition coefficient (Wildman–Crippen LogP) is 3.13. The molecule has 0 fully saturated rings. The maximum atomic E-state index is 12.2. The van der Waals surface area contributed by atoms with Crippen molar-refractivity contribution >= 4 is 22.5 Å². The number of hydrogen-bond acceptors (Lipinski definition) is 2. The first-order valence-corrected chi connectivity index (χ1v) is 6.03. The molecule has 0 spiro atoms. The van der Waals surface area contributed by atoms with Gasteiger partial charge in [-0.2, -0.15) is 5.26 Å². The molecule has 4 heteroatoms. The number of hydrogen-bond donors (Lipinski definition) is 0. The molecule has 92 valence electrons. The second-order valence-corrected chi connectivity index (χ2v) is 4.83. The third-order valence-electron chi connectivity index (χ3n) is 3.25. The van der Waals surface area contributed by atoms with Gasteiger partial charge in [-0.1, -0.05) is 17.7 Å². The maximum Gasteiger partial charge on any atom is 0.255 e. The molecule has 1 aromatic heterocycles. The Hall–Kier alpha value is -1.79. The van der Waals surface area contributed by atoms with E-state index in [2.05, 4.69) is 6.07 Å². The molecule has 3 nitrogen and oxygen atoms in total. The van der Waals surface area contributed by atoms with Crippen molar-refractivity contribution in [2.45, 2.75) is 19.8 Å². The molecule has 0 saturated heterocycles. The predicted molar refractivity (Wildman–Crippen MR) is 73.0 cm³/mol. The molecule has 1 heterocycles. The number of fused-ring (bicyclic) bond motifs is 1. The topological polar surface area (TPSA) is 45.8 Å². The number of benzene rings is 1.